The fraction of sp³-hybridized carbons (Fsp3) is 0.906. The number of unbranched alkanes of at least 4 members (excludes halogenated alkanes) is 7. The van der Waals surface area contributed by atoms with E-state index in [1.165, 1.54) is 44.9 Å². The van der Waals surface area contributed by atoms with E-state index in [0.717, 1.165) is 44.3 Å². The number of aromatic nitrogens is 3. The highest BCUT2D eigenvalue weighted by Gasteiger charge is 2.44. The summed E-state index contributed by atoms with van der Waals surface area (Å²) in [4.78, 5) is 12.4. The van der Waals surface area contributed by atoms with Crippen molar-refractivity contribution in [2.45, 2.75) is 128 Å². The average Bonchev–Trinajstić information content (AvgIpc) is 3.43. The van der Waals surface area contributed by atoms with Gasteiger partial charge in [0.05, 0.1) is 77.8 Å². The molecule has 0 spiro atoms. The Bertz CT molecular complexity index is 839. The number of ether oxygens (including phenoxy) is 5. The largest absolute Gasteiger partial charge is 0.379 e. The van der Waals surface area contributed by atoms with Gasteiger partial charge in [0.1, 0.15) is 5.69 Å². The molecule has 1 aromatic heterocycles. The lowest BCUT2D eigenvalue weighted by atomic mass is 9.69. The van der Waals surface area contributed by atoms with E-state index in [-0.39, 0.29) is 17.0 Å². The molecule has 1 aliphatic carbocycles. The molecular weight excluding hydrogens is 550 g/mol. The molecule has 0 radical (unpaired) electrons. The smallest absolute Gasteiger partial charge is 0.222 e. The number of hydrogen-bond acceptors (Lipinski definition) is 9. The highest BCUT2D eigenvalue weighted by molar-refractivity contribution is 5.77. The summed E-state index contributed by atoms with van der Waals surface area (Å²) in [6.07, 6.45) is 16.8. The molecule has 2 rings (SSSR count). The zero-order valence-electron chi connectivity index (χ0n) is 27.4. The number of carbonyl (C=O) groups is 1. The van der Waals surface area contributed by atoms with E-state index in [1.54, 1.807) is 0 Å². The lowest BCUT2D eigenvalue weighted by Crippen LogP contribution is -2.67. The first-order chi connectivity index (χ1) is 20.9. The van der Waals surface area contributed by atoms with E-state index in [0.29, 0.717) is 72.5 Å². The van der Waals surface area contributed by atoms with Crippen molar-refractivity contribution in [1.29, 1.82) is 0 Å². The third kappa shape index (κ3) is 16.9. The van der Waals surface area contributed by atoms with Crippen LogP contribution in [0.3, 0.4) is 0 Å². The standard InChI is InChI=1S/C32H61N5O6/c1-4-5-6-7-8-9-10-13-17-37-27-29(35-36-37)28-43-26-25-42-24-23-41-22-21-40-20-19-39-18-14-30(38)34-32(3)16-12-11-15-31(32,2)33/h27H,4-26,28,33H2,1-3H3,(H,34,38). The summed E-state index contributed by atoms with van der Waals surface area (Å²) in [5.74, 6) is -0.0160. The fourth-order valence-corrected chi connectivity index (χ4v) is 5.25. The van der Waals surface area contributed by atoms with Gasteiger partial charge in [-0.1, -0.05) is 69.9 Å². The molecule has 1 aliphatic rings. The van der Waals surface area contributed by atoms with Crippen molar-refractivity contribution >= 4 is 5.91 Å². The van der Waals surface area contributed by atoms with E-state index < -0.39 is 0 Å². The van der Waals surface area contributed by atoms with Gasteiger partial charge in [0.25, 0.3) is 0 Å². The summed E-state index contributed by atoms with van der Waals surface area (Å²) >= 11 is 0. The van der Waals surface area contributed by atoms with Crippen molar-refractivity contribution in [3.05, 3.63) is 11.9 Å². The first-order valence-electron chi connectivity index (χ1n) is 16.7. The van der Waals surface area contributed by atoms with Gasteiger partial charge in [-0.05, 0) is 33.1 Å². The monoisotopic (exact) mass is 611 g/mol. The van der Waals surface area contributed by atoms with Gasteiger partial charge in [0.15, 0.2) is 0 Å². The predicted molar refractivity (Wildman–Crippen MR) is 168 cm³/mol. The van der Waals surface area contributed by atoms with Crippen molar-refractivity contribution < 1.29 is 28.5 Å². The number of hydrogen-bond donors (Lipinski definition) is 2. The van der Waals surface area contributed by atoms with Crippen LogP contribution in [-0.2, 0) is 41.6 Å². The van der Waals surface area contributed by atoms with Gasteiger partial charge in [-0.15, -0.1) is 5.10 Å². The highest BCUT2D eigenvalue weighted by Crippen LogP contribution is 2.35. The Kier molecular flexibility index (Phi) is 19.9. The second-order valence-electron chi connectivity index (χ2n) is 12.2. The maximum Gasteiger partial charge on any atom is 0.222 e. The molecular formula is C32H61N5O6. The Labute approximate surface area is 260 Å². The van der Waals surface area contributed by atoms with Crippen molar-refractivity contribution in [1.82, 2.24) is 20.3 Å². The van der Waals surface area contributed by atoms with Gasteiger partial charge in [-0.25, -0.2) is 0 Å². The number of nitrogens with zero attached hydrogens (tertiary/aromatic N) is 3. The molecule has 43 heavy (non-hydrogen) atoms. The normalized spacial score (nSPS) is 20.5. The maximum atomic E-state index is 12.4. The van der Waals surface area contributed by atoms with Crippen LogP contribution < -0.4 is 11.1 Å². The number of rotatable bonds is 27. The van der Waals surface area contributed by atoms with Crippen molar-refractivity contribution in [2.24, 2.45) is 5.73 Å². The van der Waals surface area contributed by atoms with E-state index in [4.69, 9.17) is 29.4 Å². The van der Waals surface area contributed by atoms with Crippen LogP contribution in [-0.4, -0.2) is 91.4 Å². The van der Waals surface area contributed by atoms with E-state index >= 15 is 0 Å². The zero-order valence-corrected chi connectivity index (χ0v) is 27.4. The number of carbonyl (C=O) groups excluding carboxylic acids is 1. The second-order valence-corrected chi connectivity index (χ2v) is 12.2. The van der Waals surface area contributed by atoms with Crippen LogP contribution in [0.1, 0.15) is 110 Å². The second kappa shape index (κ2) is 22.8. The summed E-state index contributed by atoms with van der Waals surface area (Å²) < 4.78 is 29.7. The van der Waals surface area contributed by atoms with E-state index in [9.17, 15) is 4.79 Å². The minimum absolute atomic E-state index is 0.0160. The summed E-state index contributed by atoms with van der Waals surface area (Å²) in [6, 6.07) is 0. The lowest BCUT2D eigenvalue weighted by molar-refractivity contribution is -0.125. The SMILES string of the molecule is CCCCCCCCCCn1cc(COCCOCCOCCOCCOCCC(=O)NC2(C)CCCCC2(C)N)nn1. The van der Waals surface area contributed by atoms with E-state index in [1.807, 2.05) is 17.8 Å². The molecule has 1 saturated carbocycles. The molecule has 2 unspecified atom stereocenters. The Morgan fingerprint density at radius 1 is 0.814 bits per heavy atom. The molecule has 3 N–H and O–H groups in total. The van der Waals surface area contributed by atoms with Crippen molar-refractivity contribution in [2.75, 3.05) is 59.5 Å². The molecule has 250 valence electrons. The molecule has 1 fully saturated rings. The highest BCUT2D eigenvalue weighted by atomic mass is 16.6. The van der Waals surface area contributed by atoms with Gasteiger partial charge in [0, 0.05) is 18.5 Å². The van der Waals surface area contributed by atoms with Crippen LogP contribution in [0.25, 0.3) is 0 Å². The molecule has 0 aromatic carbocycles. The first-order valence-corrected chi connectivity index (χ1v) is 16.7. The Morgan fingerprint density at radius 2 is 1.35 bits per heavy atom. The van der Waals surface area contributed by atoms with Crippen LogP contribution in [0.15, 0.2) is 6.20 Å². The molecule has 0 bridgehead atoms. The molecule has 11 nitrogen and oxygen atoms in total. The average molecular weight is 612 g/mol. The number of nitrogens with two attached hydrogens (primary N) is 1. The van der Waals surface area contributed by atoms with Crippen LogP contribution in [0.4, 0.5) is 0 Å². The zero-order chi connectivity index (χ0) is 31.1. The van der Waals surface area contributed by atoms with Gasteiger partial charge in [-0.2, -0.15) is 0 Å². The van der Waals surface area contributed by atoms with E-state index in [2.05, 4.69) is 29.5 Å². The molecule has 2 atom stereocenters. The summed E-state index contributed by atoms with van der Waals surface area (Å²) in [5, 5.41) is 11.5. The predicted octanol–water partition coefficient (Wildman–Crippen LogP) is 4.56. The quantitative estimate of drug-likeness (QED) is 0.137. The Balaban J connectivity index is 1.30. The number of aryl methyl sites for hydroxylation is 1. The van der Waals surface area contributed by atoms with Gasteiger partial charge in [0.2, 0.25) is 5.91 Å². The molecule has 0 aliphatic heterocycles. The molecule has 1 aromatic rings. The molecule has 11 heteroatoms. The summed E-state index contributed by atoms with van der Waals surface area (Å²) in [7, 11) is 0. The lowest BCUT2D eigenvalue weighted by Gasteiger charge is -2.48. The van der Waals surface area contributed by atoms with Gasteiger partial charge in [-0.3, -0.25) is 9.48 Å². The number of nitrogens with one attached hydrogen (secondary N) is 1. The van der Waals surface area contributed by atoms with Gasteiger partial charge >= 0.3 is 0 Å². The minimum Gasteiger partial charge on any atom is -0.379 e. The molecule has 1 amide bonds. The van der Waals surface area contributed by atoms with Crippen molar-refractivity contribution in [3.63, 3.8) is 0 Å². The molecule has 1 heterocycles. The topological polar surface area (TPSA) is 132 Å². The summed E-state index contributed by atoms with van der Waals surface area (Å²) in [6.45, 7) is 12.0. The number of amides is 1. The summed E-state index contributed by atoms with van der Waals surface area (Å²) in [5.41, 5.74) is 6.55. The Hall–Kier alpha value is -1.63. The van der Waals surface area contributed by atoms with Crippen molar-refractivity contribution in [3.8, 4) is 0 Å². The van der Waals surface area contributed by atoms with Crippen LogP contribution in [0, 0.1) is 0 Å². The van der Waals surface area contributed by atoms with Gasteiger partial charge < -0.3 is 34.7 Å². The Morgan fingerprint density at radius 3 is 1.95 bits per heavy atom. The third-order valence-corrected chi connectivity index (χ3v) is 8.34. The fourth-order valence-electron chi connectivity index (χ4n) is 5.25. The molecule has 0 saturated heterocycles. The van der Waals surface area contributed by atoms with Crippen LogP contribution >= 0.6 is 0 Å². The first kappa shape index (κ1) is 37.6. The van der Waals surface area contributed by atoms with Crippen LogP contribution in [0.2, 0.25) is 0 Å². The van der Waals surface area contributed by atoms with Crippen LogP contribution in [0.5, 0.6) is 0 Å². The minimum atomic E-state index is -0.381. The third-order valence-electron chi connectivity index (χ3n) is 8.34. The maximum absolute atomic E-state index is 12.4.